The molecule has 0 aromatic heterocycles. The zero-order valence-corrected chi connectivity index (χ0v) is 14.6. The normalized spacial score (nSPS) is 15.2. The van der Waals surface area contributed by atoms with E-state index in [1.165, 1.54) is 24.3 Å². The van der Waals surface area contributed by atoms with Crippen LogP contribution in [0, 0.1) is 0 Å². The number of nitrogens with one attached hydrogen (secondary N) is 1. The summed E-state index contributed by atoms with van der Waals surface area (Å²) in [7, 11) is -3.78. The lowest BCUT2D eigenvalue weighted by atomic mass is 10.2. The fraction of sp³-hybridized carbons (Fsp3) is 0.235. The average molecular weight is 365 g/mol. The Morgan fingerprint density at radius 3 is 2.54 bits per heavy atom. The summed E-state index contributed by atoms with van der Waals surface area (Å²) in [5, 5.41) is 0.451. The van der Waals surface area contributed by atoms with Crippen LogP contribution >= 0.6 is 11.6 Å². The number of para-hydroxylation sites is 1. The molecule has 0 fully saturated rings. The molecule has 0 saturated carbocycles. The van der Waals surface area contributed by atoms with E-state index in [-0.39, 0.29) is 10.8 Å². The van der Waals surface area contributed by atoms with E-state index in [1.54, 1.807) is 11.8 Å². The van der Waals surface area contributed by atoms with Gasteiger partial charge in [-0.1, -0.05) is 29.8 Å². The standard InChI is InChI=1S/C17H17ClN2O3S/c1-12(19-24(22,23)15-8-6-14(18)7-9-15)17(21)20-11-10-13-4-2-3-5-16(13)20/h2-9,12,19H,10-11H2,1H3. The number of hydrogen-bond donors (Lipinski definition) is 1. The van der Waals surface area contributed by atoms with Gasteiger partial charge in [0.25, 0.3) is 0 Å². The second kappa shape index (κ2) is 6.55. The third kappa shape index (κ3) is 3.31. The van der Waals surface area contributed by atoms with Crippen LogP contribution in [0.5, 0.6) is 0 Å². The number of hydrogen-bond acceptors (Lipinski definition) is 3. The van der Waals surface area contributed by atoms with E-state index in [4.69, 9.17) is 11.6 Å². The minimum atomic E-state index is -3.78. The predicted octanol–water partition coefficient (Wildman–Crippen LogP) is 2.60. The van der Waals surface area contributed by atoms with E-state index in [9.17, 15) is 13.2 Å². The van der Waals surface area contributed by atoms with Gasteiger partial charge in [-0.15, -0.1) is 0 Å². The summed E-state index contributed by atoms with van der Waals surface area (Å²) in [4.78, 5) is 14.4. The Kier molecular flexibility index (Phi) is 4.62. The van der Waals surface area contributed by atoms with Gasteiger partial charge in [-0.25, -0.2) is 8.42 Å². The van der Waals surface area contributed by atoms with Crippen molar-refractivity contribution >= 4 is 33.2 Å². The van der Waals surface area contributed by atoms with Gasteiger partial charge in [0.1, 0.15) is 0 Å². The number of anilines is 1. The molecule has 1 aliphatic rings. The van der Waals surface area contributed by atoms with Crippen molar-refractivity contribution in [1.82, 2.24) is 4.72 Å². The first kappa shape index (κ1) is 17.0. The van der Waals surface area contributed by atoms with E-state index >= 15 is 0 Å². The number of carbonyl (C=O) groups excluding carboxylic acids is 1. The lowest BCUT2D eigenvalue weighted by Gasteiger charge is -2.22. The van der Waals surface area contributed by atoms with Gasteiger partial charge < -0.3 is 4.90 Å². The van der Waals surface area contributed by atoms with E-state index in [2.05, 4.69) is 4.72 Å². The molecule has 3 rings (SSSR count). The summed E-state index contributed by atoms with van der Waals surface area (Å²) in [6.07, 6.45) is 0.776. The number of halogens is 1. The molecule has 0 bridgehead atoms. The van der Waals surface area contributed by atoms with Crippen molar-refractivity contribution in [3.63, 3.8) is 0 Å². The van der Waals surface area contributed by atoms with Gasteiger partial charge in [-0.05, 0) is 49.2 Å². The van der Waals surface area contributed by atoms with Crippen molar-refractivity contribution < 1.29 is 13.2 Å². The molecule has 2 aromatic rings. The molecule has 1 atom stereocenters. The van der Waals surface area contributed by atoms with Gasteiger partial charge in [0, 0.05) is 17.3 Å². The molecule has 1 amide bonds. The molecular formula is C17H17ClN2O3S. The Labute approximate surface area is 146 Å². The molecule has 1 N–H and O–H groups in total. The van der Waals surface area contributed by atoms with Crippen LogP contribution in [0.15, 0.2) is 53.4 Å². The van der Waals surface area contributed by atoms with Crippen molar-refractivity contribution in [2.24, 2.45) is 0 Å². The maximum absolute atomic E-state index is 12.6. The summed E-state index contributed by atoms with van der Waals surface area (Å²) >= 11 is 5.78. The van der Waals surface area contributed by atoms with Crippen LogP contribution in [0.4, 0.5) is 5.69 Å². The van der Waals surface area contributed by atoms with Crippen LogP contribution < -0.4 is 9.62 Å². The third-order valence-electron chi connectivity index (χ3n) is 3.98. The third-order valence-corrected chi connectivity index (χ3v) is 5.79. The van der Waals surface area contributed by atoms with Gasteiger partial charge >= 0.3 is 0 Å². The highest BCUT2D eigenvalue weighted by Gasteiger charge is 2.30. The highest BCUT2D eigenvalue weighted by molar-refractivity contribution is 7.89. The monoisotopic (exact) mass is 364 g/mol. The fourth-order valence-corrected chi connectivity index (χ4v) is 4.09. The summed E-state index contributed by atoms with van der Waals surface area (Å²) < 4.78 is 27.2. The molecule has 2 aromatic carbocycles. The Bertz CT molecular complexity index is 866. The molecule has 0 spiro atoms. The van der Waals surface area contributed by atoms with Crippen molar-refractivity contribution in [3.05, 3.63) is 59.1 Å². The van der Waals surface area contributed by atoms with Crippen LogP contribution in [-0.4, -0.2) is 26.9 Å². The average Bonchev–Trinajstić information content (AvgIpc) is 2.98. The molecule has 0 radical (unpaired) electrons. The molecule has 1 unspecified atom stereocenters. The number of sulfonamides is 1. The van der Waals surface area contributed by atoms with Gasteiger partial charge in [0.15, 0.2) is 0 Å². The highest BCUT2D eigenvalue weighted by Crippen LogP contribution is 2.28. The van der Waals surface area contributed by atoms with E-state index in [0.717, 1.165) is 17.7 Å². The van der Waals surface area contributed by atoms with Crippen molar-refractivity contribution in [2.45, 2.75) is 24.3 Å². The second-order valence-corrected chi connectivity index (χ2v) is 7.82. The summed E-state index contributed by atoms with van der Waals surface area (Å²) in [6, 6.07) is 12.6. The summed E-state index contributed by atoms with van der Waals surface area (Å²) in [5.74, 6) is -0.266. The van der Waals surface area contributed by atoms with Gasteiger partial charge in [-0.2, -0.15) is 4.72 Å². The SMILES string of the molecule is CC(NS(=O)(=O)c1ccc(Cl)cc1)C(=O)N1CCc2ccccc21. The quantitative estimate of drug-likeness (QED) is 0.906. The maximum Gasteiger partial charge on any atom is 0.244 e. The minimum Gasteiger partial charge on any atom is -0.310 e. The second-order valence-electron chi connectivity index (χ2n) is 5.67. The molecular weight excluding hydrogens is 348 g/mol. The Morgan fingerprint density at radius 1 is 1.17 bits per heavy atom. The number of benzene rings is 2. The zero-order valence-electron chi connectivity index (χ0n) is 13.1. The highest BCUT2D eigenvalue weighted by atomic mass is 35.5. The number of amides is 1. The molecule has 1 heterocycles. The van der Waals surface area contributed by atoms with Crippen molar-refractivity contribution in [1.29, 1.82) is 0 Å². The van der Waals surface area contributed by atoms with Crippen molar-refractivity contribution in [2.75, 3.05) is 11.4 Å². The van der Waals surface area contributed by atoms with E-state index in [1.807, 2.05) is 24.3 Å². The van der Waals surface area contributed by atoms with Gasteiger partial charge in [0.05, 0.1) is 10.9 Å². The number of rotatable bonds is 4. The topological polar surface area (TPSA) is 66.5 Å². The van der Waals surface area contributed by atoms with Crippen LogP contribution in [0.3, 0.4) is 0 Å². The Hall–Kier alpha value is -1.89. The smallest absolute Gasteiger partial charge is 0.244 e. The minimum absolute atomic E-state index is 0.0772. The first-order valence-corrected chi connectivity index (χ1v) is 9.42. The zero-order chi connectivity index (χ0) is 17.3. The van der Waals surface area contributed by atoms with Gasteiger partial charge in [0.2, 0.25) is 15.9 Å². The van der Waals surface area contributed by atoms with Gasteiger partial charge in [-0.3, -0.25) is 4.79 Å². The number of fused-ring (bicyclic) bond motifs is 1. The lowest BCUT2D eigenvalue weighted by Crippen LogP contribution is -2.46. The van der Waals surface area contributed by atoms with Crippen LogP contribution in [-0.2, 0) is 21.2 Å². The maximum atomic E-state index is 12.6. The molecule has 1 aliphatic heterocycles. The van der Waals surface area contributed by atoms with Crippen LogP contribution in [0.25, 0.3) is 0 Å². The lowest BCUT2D eigenvalue weighted by molar-refractivity contribution is -0.119. The number of nitrogens with zero attached hydrogens (tertiary/aromatic N) is 1. The largest absolute Gasteiger partial charge is 0.310 e. The number of carbonyl (C=O) groups is 1. The molecule has 0 saturated heterocycles. The molecule has 126 valence electrons. The molecule has 7 heteroatoms. The van der Waals surface area contributed by atoms with Crippen molar-refractivity contribution in [3.8, 4) is 0 Å². The van der Waals surface area contributed by atoms with E-state index in [0.29, 0.717) is 11.6 Å². The summed E-state index contributed by atoms with van der Waals surface area (Å²) in [6.45, 7) is 2.11. The summed E-state index contributed by atoms with van der Waals surface area (Å²) in [5.41, 5.74) is 1.94. The van der Waals surface area contributed by atoms with Crippen LogP contribution in [0.2, 0.25) is 5.02 Å². The fourth-order valence-electron chi connectivity index (χ4n) is 2.77. The van der Waals surface area contributed by atoms with Crippen LogP contribution in [0.1, 0.15) is 12.5 Å². The first-order chi connectivity index (χ1) is 11.4. The molecule has 5 nitrogen and oxygen atoms in total. The Morgan fingerprint density at radius 2 is 1.83 bits per heavy atom. The predicted molar refractivity (Wildman–Crippen MR) is 93.7 cm³/mol. The van der Waals surface area contributed by atoms with E-state index < -0.39 is 16.1 Å². The molecule has 0 aliphatic carbocycles. The Balaban J connectivity index is 1.76. The molecule has 24 heavy (non-hydrogen) atoms. The first-order valence-electron chi connectivity index (χ1n) is 7.56.